The first-order valence-electron chi connectivity index (χ1n) is 11.2. The summed E-state index contributed by atoms with van der Waals surface area (Å²) in [6.45, 7) is 1.03. The molecule has 184 valence electrons. The highest BCUT2D eigenvalue weighted by Crippen LogP contribution is 2.29. The molecular weight excluding hydrogens is 442 g/mol. The summed E-state index contributed by atoms with van der Waals surface area (Å²) in [4.78, 5) is 23.8. The molecule has 10 heteroatoms. The lowest BCUT2D eigenvalue weighted by Crippen LogP contribution is -2.30. The number of hydrogen-bond donors (Lipinski definition) is 3. The molecule has 0 aromatic heterocycles. The Morgan fingerprint density at radius 3 is 2.53 bits per heavy atom. The van der Waals surface area contributed by atoms with E-state index < -0.39 is 10.8 Å². The number of nitro benzene ring substituents is 1. The van der Waals surface area contributed by atoms with Gasteiger partial charge in [-0.3, -0.25) is 14.9 Å². The molecule has 10 nitrogen and oxygen atoms in total. The first-order valence-corrected chi connectivity index (χ1v) is 11.2. The van der Waals surface area contributed by atoms with E-state index in [2.05, 4.69) is 10.6 Å². The summed E-state index contributed by atoms with van der Waals surface area (Å²) in [5.41, 5.74) is 1.36. The van der Waals surface area contributed by atoms with Crippen LogP contribution in [0.2, 0.25) is 0 Å². The fourth-order valence-electron chi connectivity index (χ4n) is 3.85. The second-order valence-electron chi connectivity index (χ2n) is 8.15. The van der Waals surface area contributed by atoms with Gasteiger partial charge in [-0.05, 0) is 49.4 Å². The van der Waals surface area contributed by atoms with Gasteiger partial charge in [0.15, 0.2) is 11.5 Å². The smallest absolute Gasteiger partial charge is 0.270 e. The summed E-state index contributed by atoms with van der Waals surface area (Å²) >= 11 is 0. The lowest BCUT2D eigenvalue weighted by Gasteiger charge is -2.27. The Balaban J connectivity index is 1.71. The second-order valence-corrected chi connectivity index (χ2v) is 8.15. The van der Waals surface area contributed by atoms with E-state index in [1.54, 1.807) is 25.3 Å². The van der Waals surface area contributed by atoms with Crippen LogP contribution < -0.4 is 20.1 Å². The van der Waals surface area contributed by atoms with Crippen molar-refractivity contribution in [2.45, 2.75) is 44.4 Å². The predicted octanol–water partition coefficient (Wildman–Crippen LogP) is 3.27. The number of nitrogens with one attached hydrogen (secondary N) is 2. The molecule has 0 aliphatic heterocycles. The van der Waals surface area contributed by atoms with Gasteiger partial charge in [0.25, 0.3) is 11.6 Å². The van der Waals surface area contributed by atoms with E-state index in [1.165, 1.54) is 19.2 Å². The molecule has 1 aliphatic rings. The fraction of sp³-hybridized carbons (Fsp3) is 0.458. The summed E-state index contributed by atoms with van der Waals surface area (Å²) in [5, 5.41) is 27.2. The number of aliphatic hydroxyl groups excluding tert-OH is 1. The minimum atomic E-state index is -0.523. The van der Waals surface area contributed by atoms with Gasteiger partial charge in [0.1, 0.15) is 6.61 Å². The van der Waals surface area contributed by atoms with Crippen molar-refractivity contribution in [3.05, 3.63) is 57.6 Å². The van der Waals surface area contributed by atoms with Crippen molar-refractivity contribution in [2.75, 3.05) is 32.8 Å². The number of carbonyl (C=O) groups excluding carboxylic acids is 1. The van der Waals surface area contributed by atoms with E-state index in [0.29, 0.717) is 43.2 Å². The van der Waals surface area contributed by atoms with Crippen molar-refractivity contribution in [2.24, 2.45) is 0 Å². The zero-order valence-corrected chi connectivity index (χ0v) is 19.4. The molecule has 0 atom stereocenters. The van der Waals surface area contributed by atoms with E-state index in [1.807, 2.05) is 6.07 Å². The number of anilines is 1. The number of benzene rings is 2. The number of nitro groups is 1. The average Bonchev–Trinajstić information content (AvgIpc) is 2.84. The molecule has 2 aromatic rings. The molecular formula is C24H31N3O7. The van der Waals surface area contributed by atoms with Crippen LogP contribution in [0.3, 0.4) is 0 Å². The molecule has 0 bridgehead atoms. The third kappa shape index (κ3) is 6.82. The van der Waals surface area contributed by atoms with Crippen LogP contribution in [-0.2, 0) is 11.3 Å². The van der Waals surface area contributed by atoms with Gasteiger partial charge >= 0.3 is 0 Å². The van der Waals surface area contributed by atoms with E-state index >= 15 is 0 Å². The molecule has 34 heavy (non-hydrogen) atoms. The molecule has 0 radical (unpaired) electrons. The van der Waals surface area contributed by atoms with Crippen molar-refractivity contribution in [1.29, 1.82) is 0 Å². The highest BCUT2D eigenvalue weighted by atomic mass is 16.6. The highest BCUT2D eigenvalue weighted by Gasteiger charge is 2.23. The number of carbonyl (C=O) groups is 1. The number of non-ortho nitro benzene ring substituents is 1. The molecule has 0 unspecified atom stereocenters. The first-order chi connectivity index (χ1) is 16.4. The van der Waals surface area contributed by atoms with Gasteiger partial charge in [-0.15, -0.1) is 0 Å². The van der Waals surface area contributed by atoms with Crippen LogP contribution in [0.15, 0.2) is 36.4 Å². The molecule has 3 rings (SSSR count). The van der Waals surface area contributed by atoms with E-state index in [-0.39, 0.29) is 29.9 Å². The van der Waals surface area contributed by atoms with E-state index in [4.69, 9.17) is 14.2 Å². The lowest BCUT2D eigenvalue weighted by molar-refractivity contribution is -0.384. The summed E-state index contributed by atoms with van der Waals surface area (Å²) in [7, 11) is 3.13. The number of nitrogens with zero attached hydrogens (tertiary/aromatic N) is 1. The summed E-state index contributed by atoms with van der Waals surface area (Å²) < 4.78 is 16.0. The number of methoxy groups -OCH3 is 2. The largest absolute Gasteiger partial charge is 0.493 e. The SMILES string of the molecule is COCCOc1ccc(CNC(=O)c2cc([N+](=O)[O-])ccc2N[C@H]2CC[C@@H](O)CC2)cc1OC. The molecule has 3 N–H and O–H groups in total. The first kappa shape index (κ1) is 25.3. The molecule has 0 heterocycles. The summed E-state index contributed by atoms with van der Waals surface area (Å²) in [5.74, 6) is 0.666. The van der Waals surface area contributed by atoms with Crippen LogP contribution in [0.5, 0.6) is 11.5 Å². The number of rotatable bonds is 11. The normalized spacial score (nSPS) is 17.6. The topological polar surface area (TPSA) is 132 Å². The molecule has 1 amide bonds. The van der Waals surface area contributed by atoms with Gasteiger partial charge in [-0.1, -0.05) is 6.07 Å². The second kappa shape index (κ2) is 12.2. The van der Waals surface area contributed by atoms with Crippen LogP contribution in [0.4, 0.5) is 11.4 Å². The lowest BCUT2D eigenvalue weighted by atomic mass is 9.92. The van der Waals surface area contributed by atoms with Crippen molar-refractivity contribution < 1.29 is 29.0 Å². The Hall–Kier alpha value is -3.37. The van der Waals surface area contributed by atoms with Crippen LogP contribution in [0.1, 0.15) is 41.6 Å². The van der Waals surface area contributed by atoms with Gasteiger partial charge < -0.3 is 30.0 Å². The fourth-order valence-corrected chi connectivity index (χ4v) is 3.85. The van der Waals surface area contributed by atoms with Gasteiger partial charge in [-0.25, -0.2) is 0 Å². The third-order valence-electron chi connectivity index (χ3n) is 5.74. The van der Waals surface area contributed by atoms with Gasteiger partial charge in [0.05, 0.1) is 30.3 Å². The van der Waals surface area contributed by atoms with Crippen LogP contribution >= 0.6 is 0 Å². The number of aliphatic hydroxyl groups is 1. The third-order valence-corrected chi connectivity index (χ3v) is 5.74. The van der Waals surface area contributed by atoms with Crippen LogP contribution in [-0.4, -0.2) is 55.5 Å². The minimum Gasteiger partial charge on any atom is -0.493 e. The molecule has 2 aromatic carbocycles. The van der Waals surface area contributed by atoms with Gasteiger partial charge in [-0.2, -0.15) is 0 Å². The Bertz CT molecular complexity index is 991. The van der Waals surface area contributed by atoms with Crippen molar-refractivity contribution in [3.63, 3.8) is 0 Å². The van der Waals surface area contributed by atoms with Crippen molar-refractivity contribution >= 4 is 17.3 Å². The summed E-state index contributed by atoms with van der Waals surface area (Å²) in [6.07, 6.45) is 2.58. The standard InChI is InChI=1S/C24H31N3O7/c1-32-11-12-34-22-10-3-16(13-23(22)33-2)15-25-24(29)20-14-18(27(30)31)6-9-21(20)26-17-4-7-19(28)8-5-17/h3,6,9-10,13-14,17,19,26,28H,4-5,7-8,11-12,15H2,1-2H3,(H,25,29)/t17-,19+. The molecule has 0 spiro atoms. The zero-order chi connectivity index (χ0) is 24.5. The maximum absolute atomic E-state index is 13.0. The van der Waals surface area contributed by atoms with Gasteiger partial charge in [0.2, 0.25) is 0 Å². The van der Waals surface area contributed by atoms with Gasteiger partial charge in [0, 0.05) is 37.5 Å². The number of amides is 1. The summed E-state index contributed by atoms with van der Waals surface area (Å²) in [6, 6.07) is 9.65. The Morgan fingerprint density at radius 2 is 1.85 bits per heavy atom. The molecule has 1 aliphatic carbocycles. The minimum absolute atomic E-state index is 0.0892. The van der Waals surface area contributed by atoms with Crippen LogP contribution in [0, 0.1) is 10.1 Å². The Kier molecular flexibility index (Phi) is 9.06. The molecule has 0 saturated heterocycles. The van der Waals surface area contributed by atoms with E-state index in [0.717, 1.165) is 18.4 Å². The van der Waals surface area contributed by atoms with Crippen LogP contribution in [0.25, 0.3) is 0 Å². The zero-order valence-electron chi connectivity index (χ0n) is 19.4. The number of hydrogen-bond acceptors (Lipinski definition) is 8. The Labute approximate surface area is 198 Å². The number of ether oxygens (including phenoxy) is 3. The predicted molar refractivity (Wildman–Crippen MR) is 127 cm³/mol. The highest BCUT2D eigenvalue weighted by molar-refractivity contribution is 6.00. The molecule has 1 saturated carbocycles. The van der Waals surface area contributed by atoms with Crippen molar-refractivity contribution in [3.8, 4) is 11.5 Å². The average molecular weight is 474 g/mol. The van der Waals surface area contributed by atoms with Crippen molar-refractivity contribution in [1.82, 2.24) is 5.32 Å². The quantitative estimate of drug-likeness (QED) is 0.257. The Morgan fingerprint density at radius 1 is 1.09 bits per heavy atom. The molecule has 1 fully saturated rings. The maximum atomic E-state index is 13.0. The monoisotopic (exact) mass is 473 g/mol. The van der Waals surface area contributed by atoms with E-state index in [9.17, 15) is 20.0 Å². The maximum Gasteiger partial charge on any atom is 0.270 e.